The van der Waals surface area contributed by atoms with Crippen molar-refractivity contribution in [3.63, 3.8) is 0 Å². The number of rotatable bonds is 4. The van der Waals surface area contributed by atoms with E-state index in [0.717, 1.165) is 43.1 Å². The quantitative estimate of drug-likeness (QED) is 0.695. The second kappa shape index (κ2) is 6.45. The topological polar surface area (TPSA) is 49.3 Å². The molecule has 0 radical (unpaired) electrons. The molecule has 1 N–H and O–H groups in total. The molecule has 2 aromatic rings. The Labute approximate surface area is 129 Å². The van der Waals surface area contributed by atoms with E-state index in [-0.39, 0.29) is 5.88 Å². The molecule has 0 amide bonds. The first kappa shape index (κ1) is 14.4. The zero-order chi connectivity index (χ0) is 14.7. The Kier molecular flexibility index (Phi) is 4.41. The lowest BCUT2D eigenvalue weighted by Crippen LogP contribution is -2.31. The molecule has 0 aliphatic carbocycles. The van der Waals surface area contributed by atoms with Gasteiger partial charge in [-0.2, -0.15) is 4.98 Å². The lowest BCUT2D eigenvalue weighted by molar-refractivity contribution is 0.236. The number of benzene rings is 1. The summed E-state index contributed by atoms with van der Waals surface area (Å²) in [6, 6.07) is 10.5. The SMILES string of the molecule is CCSc1nc(O)c2c(n1)CN(Cc1ccccc1)CC2. The second-order valence-electron chi connectivity index (χ2n) is 5.13. The summed E-state index contributed by atoms with van der Waals surface area (Å²) >= 11 is 1.57. The van der Waals surface area contributed by atoms with Gasteiger partial charge in [0.1, 0.15) is 0 Å². The van der Waals surface area contributed by atoms with Crippen molar-refractivity contribution in [2.45, 2.75) is 31.6 Å². The lowest BCUT2D eigenvalue weighted by atomic mass is 10.1. The van der Waals surface area contributed by atoms with Gasteiger partial charge in [0.2, 0.25) is 5.88 Å². The van der Waals surface area contributed by atoms with Crippen molar-refractivity contribution < 1.29 is 5.11 Å². The Bertz CT molecular complexity index is 618. The van der Waals surface area contributed by atoms with Gasteiger partial charge in [-0.15, -0.1) is 0 Å². The van der Waals surface area contributed by atoms with Crippen molar-refractivity contribution >= 4 is 11.8 Å². The molecular formula is C16H19N3OS. The summed E-state index contributed by atoms with van der Waals surface area (Å²) in [4.78, 5) is 11.1. The van der Waals surface area contributed by atoms with E-state index in [1.807, 2.05) is 6.07 Å². The van der Waals surface area contributed by atoms with Gasteiger partial charge in [-0.25, -0.2) is 4.98 Å². The molecule has 110 valence electrons. The number of thioether (sulfide) groups is 1. The molecule has 0 unspecified atom stereocenters. The Morgan fingerprint density at radius 2 is 2.05 bits per heavy atom. The van der Waals surface area contributed by atoms with E-state index in [2.05, 4.69) is 46.1 Å². The summed E-state index contributed by atoms with van der Waals surface area (Å²) in [5, 5.41) is 10.7. The van der Waals surface area contributed by atoms with Gasteiger partial charge >= 0.3 is 0 Å². The highest BCUT2D eigenvalue weighted by Crippen LogP contribution is 2.27. The highest BCUT2D eigenvalue weighted by Gasteiger charge is 2.22. The van der Waals surface area contributed by atoms with E-state index in [0.29, 0.717) is 5.16 Å². The summed E-state index contributed by atoms with van der Waals surface area (Å²) in [7, 11) is 0. The fourth-order valence-electron chi connectivity index (χ4n) is 2.61. The van der Waals surface area contributed by atoms with Crippen LogP contribution in [0.5, 0.6) is 5.88 Å². The van der Waals surface area contributed by atoms with E-state index in [4.69, 9.17) is 0 Å². The van der Waals surface area contributed by atoms with Crippen molar-refractivity contribution in [2.24, 2.45) is 0 Å². The highest BCUT2D eigenvalue weighted by molar-refractivity contribution is 7.99. The van der Waals surface area contributed by atoms with E-state index in [1.54, 1.807) is 11.8 Å². The van der Waals surface area contributed by atoms with Crippen molar-refractivity contribution in [1.82, 2.24) is 14.9 Å². The molecule has 0 fully saturated rings. The molecule has 5 heteroatoms. The van der Waals surface area contributed by atoms with Crippen molar-refractivity contribution in [1.29, 1.82) is 0 Å². The van der Waals surface area contributed by atoms with Crippen molar-refractivity contribution in [2.75, 3.05) is 12.3 Å². The van der Waals surface area contributed by atoms with E-state index >= 15 is 0 Å². The zero-order valence-electron chi connectivity index (χ0n) is 12.1. The number of hydrogen-bond donors (Lipinski definition) is 1. The maximum absolute atomic E-state index is 10.1. The number of aromatic nitrogens is 2. The molecule has 0 saturated carbocycles. The summed E-state index contributed by atoms with van der Waals surface area (Å²) in [5.74, 6) is 1.07. The van der Waals surface area contributed by atoms with Gasteiger partial charge in [-0.05, 0) is 17.7 Å². The second-order valence-corrected chi connectivity index (χ2v) is 6.37. The van der Waals surface area contributed by atoms with Gasteiger partial charge in [0.15, 0.2) is 5.16 Å². The minimum absolute atomic E-state index is 0.162. The largest absolute Gasteiger partial charge is 0.493 e. The van der Waals surface area contributed by atoms with Gasteiger partial charge in [0.05, 0.1) is 5.69 Å². The molecule has 3 rings (SSSR count). The summed E-state index contributed by atoms with van der Waals surface area (Å²) in [6.45, 7) is 4.68. The minimum Gasteiger partial charge on any atom is -0.493 e. The third kappa shape index (κ3) is 3.36. The lowest BCUT2D eigenvalue weighted by Gasteiger charge is -2.28. The van der Waals surface area contributed by atoms with E-state index in [1.165, 1.54) is 5.56 Å². The number of nitrogens with zero attached hydrogens (tertiary/aromatic N) is 3. The van der Waals surface area contributed by atoms with Crippen LogP contribution in [-0.2, 0) is 19.5 Å². The Balaban J connectivity index is 1.78. The summed E-state index contributed by atoms with van der Waals surface area (Å²) in [6.07, 6.45) is 0.811. The predicted octanol–water partition coefficient (Wildman–Crippen LogP) is 2.85. The standard InChI is InChI=1S/C16H19N3OS/c1-2-21-16-17-14-11-19(9-8-13(14)15(20)18-16)10-12-6-4-3-5-7-12/h3-7H,2,8-11H2,1H3,(H,17,18,20). The molecule has 0 atom stereocenters. The van der Waals surface area contributed by atoms with E-state index < -0.39 is 0 Å². The molecule has 2 heterocycles. The van der Waals surface area contributed by atoms with Crippen LogP contribution in [0.15, 0.2) is 35.5 Å². The molecule has 0 saturated heterocycles. The first-order chi connectivity index (χ1) is 10.3. The number of fused-ring (bicyclic) bond motifs is 1. The van der Waals surface area contributed by atoms with Gasteiger partial charge in [-0.1, -0.05) is 49.0 Å². The maximum Gasteiger partial charge on any atom is 0.218 e. The monoisotopic (exact) mass is 301 g/mol. The van der Waals surface area contributed by atoms with Crippen LogP contribution in [-0.4, -0.2) is 32.3 Å². The van der Waals surface area contributed by atoms with E-state index in [9.17, 15) is 5.11 Å². The number of aromatic hydroxyl groups is 1. The maximum atomic E-state index is 10.1. The van der Waals surface area contributed by atoms with Gasteiger partial charge < -0.3 is 5.11 Å². The Morgan fingerprint density at radius 3 is 2.81 bits per heavy atom. The third-order valence-corrected chi connectivity index (χ3v) is 4.35. The highest BCUT2D eigenvalue weighted by atomic mass is 32.2. The van der Waals surface area contributed by atoms with Crippen LogP contribution in [0.2, 0.25) is 0 Å². The molecular weight excluding hydrogens is 282 g/mol. The molecule has 1 aliphatic heterocycles. The predicted molar refractivity (Wildman–Crippen MR) is 84.4 cm³/mol. The van der Waals surface area contributed by atoms with Crippen LogP contribution in [0.4, 0.5) is 0 Å². The molecule has 4 nitrogen and oxygen atoms in total. The fourth-order valence-corrected chi connectivity index (χ4v) is 3.20. The molecule has 1 aliphatic rings. The van der Waals surface area contributed by atoms with Crippen molar-refractivity contribution in [3.8, 4) is 5.88 Å². The number of hydrogen-bond acceptors (Lipinski definition) is 5. The zero-order valence-corrected chi connectivity index (χ0v) is 12.9. The van der Waals surface area contributed by atoms with Crippen molar-refractivity contribution in [3.05, 3.63) is 47.2 Å². The average Bonchev–Trinajstić information content (AvgIpc) is 2.48. The minimum atomic E-state index is 0.162. The van der Waals surface area contributed by atoms with Gasteiger partial charge in [-0.3, -0.25) is 4.90 Å². The first-order valence-electron chi connectivity index (χ1n) is 7.24. The fraction of sp³-hybridized carbons (Fsp3) is 0.375. The average molecular weight is 301 g/mol. The Hall–Kier alpha value is -1.59. The van der Waals surface area contributed by atoms with Crippen LogP contribution in [0.3, 0.4) is 0 Å². The normalized spacial score (nSPS) is 14.9. The van der Waals surface area contributed by atoms with Crippen LogP contribution in [0.1, 0.15) is 23.7 Å². The van der Waals surface area contributed by atoms with Crippen LogP contribution in [0, 0.1) is 0 Å². The van der Waals surface area contributed by atoms with Crippen LogP contribution < -0.4 is 0 Å². The smallest absolute Gasteiger partial charge is 0.218 e. The Morgan fingerprint density at radius 1 is 1.24 bits per heavy atom. The first-order valence-corrected chi connectivity index (χ1v) is 8.22. The van der Waals surface area contributed by atoms with Crippen LogP contribution in [0.25, 0.3) is 0 Å². The van der Waals surface area contributed by atoms with Gasteiger partial charge in [0, 0.05) is 25.2 Å². The molecule has 1 aromatic carbocycles. The van der Waals surface area contributed by atoms with Crippen LogP contribution >= 0.6 is 11.8 Å². The summed E-state index contributed by atoms with van der Waals surface area (Å²) < 4.78 is 0. The molecule has 0 bridgehead atoms. The van der Waals surface area contributed by atoms with Gasteiger partial charge in [0.25, 0.3) is 0 Å². The molecule has 0 spiro atoms. The molecule has 1 aromatic heterocycles. The summed E-state index contributed by atoms with van der Waals surface area (Å²) in [5.41, 5.74) is 3.20. The third-order valence-electron chi connectivity index (χ3n) is 3.62. The molecule has 21 heavy (non-hydrogen) atoms.